The predicted octanol–water partition coefficient (Wildman–Crippen LogP) is 12.4. The van der Waals surface area contributed by atoms with Gasteiger partial charge in [-0.3, -0.25) is 0 Å². The molecular formula is C43H26N2O3. The SMILES string of the molecule is c1ccc(-c2nc3cc4c(cc3o2)oc2c(-c3ccc(N(c5ccccc5)c5ccc6c(c5)oc5ccccc56)cc3)cccc24)cc1. The maximum absolute atomic E-state index is 6.53. The Labute approximate surface area is 274 Å². The Morgan fingerprint density at radius 2 is 1.08 bits per heavy atom. The number of para-hydroxylation sites is 3. The lowest BCUT2D eigenvalue weighted by Crippen LogP contribution is -2.09. The molecule has 0 spiro atoms. The summed E-state index contributed by atoms with van der Waals surface area (Å²) in [6, 6.07) is 53.9. The molecule has 0 saturated heterocycles. The summed E-state index contributed by atoms with van der Waals surface area (Å²) in [6.07, 6.45) is 0. The highest BCUT2D eigenvalue weighted by molar-refractivity contribution is 6.12. The van der Waals surface area contributed by atoms with Gasteiger partial charge >= 0.3 is 0 Å². The number of rotatable bonds is 5. The van der Waals surface area contributed by atoms with Crippen molar-refractivity contribution >= 4 is 72.0 Å². The summed E-state index contributed by atoms with van der Waals surface area (Å²) in [6.45, 7) is 0. The van der Waals surface area contributed by atoms with Crippen molar-refractivity contribution in [1.29, 1.82) is 0 Å². The smallest absolute Gasteiger partial charge is 0.227 e. The molecule has 226 valence electrons. The van der Waals surface area contributed by atoms with Gasteiger partial charge < -0.3 is 18.2 Å². The van der Waals surface area contributed by atoms with Crippen LogP contribution in [0.25, 0.3) is 77.6 Å². The van der Waals surface area contributed by atoms with Gasteiger partial charge in [-0.2, -0.15) is 0 Å². The average molecular weight is 619 g/mol. The first kappa shape index (κ1) is 26.6. The third-order valence-electron chi connectivity index (χ3n) is 9.10. The van der Waals surface area contributed by atoms with E-state index in [1.54, 1.807) is 0 Å². The molecule has 0 atom stereocenters. The zero-order valence-corrected chi connectivity index (χ0v) is 25.6. The minimum Gasteiger partial charge on any atom is -0.456 e. The first-order valence-electron chi connectivity index (χ1n) is 15.9. The zero-order valence-electron chi connectivity index (χ0n) is 25.6. The molecule has 0 aliphatic heterocycles. The van der Waals surface area contributed by atoms with Gasteiger partial charge in [-0.05, 0) is 66.2 Å². The highest BCUT2D eigenvalue weighted by Crippen LogP contribution is 2.41. The van der Waals surface area contributed by atoms with Gasteiger partial charge in [0.15, 0.2) is 5.58 Å². The molecule has 48 heavy (non-hydrogen) atoms. The fourth-order valence-electron chi connectivity index (χ4n) is 6.82. The molecule has 5 heteroatoms. The highest BCUT2D eigenvalue weighted by atomic mass is 16.4. The van der Waals surface area contributed by atoms with Gasteiger partial charge in [0.2, 0.25) is 5.89 Å². The van der Waals surface area contributed by atoms with Crippen molar-refractivity contribution in [3.8, 4) is 22.6 Å². The molecule has 0 saturated carbocycles. The second kappa shape index (κ2) is 10.5. The standard InChI is InChI=1S/C43H26N2O3/c1-3-10-28(11-4-1)43-44-37-25-36-35-16-9-15-32(42(35)47-40(36)26-41(37)48-43)27-18-20-30(21-19-27)45(29-12-5-2-6-13-29)31-22-23-34-33-14-7-8-17-38(33)46-39(34)24-31/h1-26H. The maximum atomic E-state index is 6.53. The minimum absolute atomic E-state index is 0.602. The molecule has 0 aliphatic carbocycles. The number of anilines is 3. The largest absolute Gasteiger partial charge is 0.456 e. The fourth-order valence-corrected chi connectivity index (χ4v) is 6.82. The maximum Gasteiger partial charge on any atom is 0.227 e. The Morgan fingerprint density at radius 1 is 0.396 bits per heavy atom. The minimum atomic E-state index is 0.602. The van der Waals surface area contributed by atoms with E-state index in [1.807, 2.05) is 60.7 Å². The number of benzene rings is 7. The van der Waals surface area contributed by atoms with Crippen molar-refractivity contribution in [2.75, 3.05) is 4.90 Å². The third-order valence-corrected chi connectivity index (χ3v) is 9.10. The topological polar surface area (TPSA) is 55.6 Å². The normalized spacial score (nSPS) is 11.8. The third kappa shape index (κ3) is 4.22. The van der Waals surface area contributed by atoms with Crippen LogP contribution in [-0.4, -0.2) is 4.98 Å². The van der Waals surface area contributed by atoms with Crippen LogP contribution >= 0.6 is 0 Å². The van der Waals surface area contributed by atoms with Crippen LogP contribution in [0.3, 0.4) is 0 Å². The molecule has 3 aromatic heterocycles. The van der Waals surface area contributed by atoms with Crippen LogP contribution in [0, 0.1) is 0 Å². The Hall–Kier alpha value is -6.59. The van der Waals surface area contributed by atoms with E-state index in [9.17, 15) is 0 Å². The van der Waals surface area contributed by atoms with E-state index < -0.39 is 0 Å². The summed E-state index contributed by atoms with van der Waals surface area (Å²) in [7, 11) is 0. The van der Waals surface area contributed by atoms with Crippen LogP contribution in [0.5, 0.6) is 0 Å². The van der Waals surface area contributed by atoms with Crippen molar-refractivity contribution in [3.05, 3.63) is 158 Å². The molecule has 0 radical (unpaired) electrons. The first-order valence-corrected chi connectivity index (χ1v) is 15.9. The van der Waals surface area contributed by atoms with Gasteiger partial charge in [-0.25, -0.2) is 4.98 Å². The van der Waals surface area contributed by atoms with Gasteiger partial charge in [0.25, 0.3) is 0 Å². The van der Waals surface area contributed by atoms with E-state index in [0.717, 1.165) is 83.1 Å². The molecule has 0 fully saturated rings. The van der Waals surface area contributed by atoms with E-state index in [4.69, 9.17) is 18.2 Å². The van der Waals surface area contributed by atoms with E-state index in [0.29, 0.717) is 11.5 Å². The summed E-state index contributed by atoms with van der Waals surface area (Å²) < 4.78 is 18.9. The average Bonchev–Trinajstić information content (AvgIpc) is 3.84. The number of fused-ring (bicyclic) bond motifs is 7. The lowest BCUT2D eigenvalue weighted by atomic mass is 10.0. The van der Waals surface area contributed by atoms with Crippen LogP contribution in [-0.2, 0) is 0 Å². The van der Waals surface area contributed by atoms with E-state index in [1.165, 1.54) is 0 Å². The van der Waals surface area contributed by atoms with Gasteiger partial charge in [0.1, 0.15) is 27.8 Å². The van der Waals surface area contributed by atoms with Crippen LogP contribution < -0.4 is 4.90 Å². The van der Waals surface area contributed by atoms with Crippen LogP contribution in [0.1, 0.15) is 0 Å². The van der Waals surface area contributed by atoms with Crippen LogP contribution in [0.2, 0.25) is 0 Å². The van der Waals surface area contributed by atoms with E-state index in [-0.39, 0.29) is 0 Å². The molecule has 0 aliphatic rings. The molecule has 0 N–H and O–H groups in total. The van der Waals surface area contributed by atoms with Crippen LogP contribution in [0.15, 0.2) is 171 Å². The molecular weight excluding hydrogens is 592 g/mol. The van der Waals surface area contributed by atoms with Crippen molar-refractivity contribution in [2.45, 2.75) is 0 Å². The predicted molar refractivity (Wildman–Crippen MR) is 194 cm³/mol. The number of hydrogen-bond acceptors (Lipinski definition) is 5. The number of hydrogen-bond donors (Lipinski definition) is 0. The molecule has 0 unspecified atom stereocenters. The lowest BCUT2D eigenvalue weighted by Gasteiger charge is -2.25. The van der Waals surface area contributed by atoms with Gasteiger partial charge in [0.05, 0.1) is 0 Å². The van der Waals surface area contributed by atoms with Crippen molar-refractivity contribution in [3.63, 3.8) is 0 Å². The lowest BCUT2D eigenvalue weighted by molar-refractivity contribution is 0.617. The summed E-state index contributed by atoms with van der Waals surface area (Å²) in [5, 5.41) is 4.29. The molecule has 3 heterocycles. The van der Waals surface area contributed by atoms with Crippen molar-refractivity contribution in [2.24, 2.45) is 0 Å². The Kier molecular flexibility index (Phi) is 5.81. The number of oxazole rings is 1. The second-order valence-electron chi connectivity index (χ2n) is 12.0. The van der Waals surface area contributed by atoms with Crippen LogP contribution in [0.4, 0.5) is 17.1 Å². The summed E-state index contributed by atoms with van der Waals surface area (Å²) in [5.74, 6) is 0.602. The zero-order chi connectivity index (χ0) is 31.6. The van der Waals surface area contributed by atoms with Gasteiger partial charge in [-0.1, -0.05) is 84.9 Å². The number of furan rings is 2. The molecule has 10 aromatic rings. The second-order valence-corrected chi connectivity index (χ2v) is 12.0. The summed E-state index contributed by atoms with van der Waals surface area (Å²) >= 11 is 0. The molecule has 0 bridgehead atoms. The van der Waals surface area contributed by atoms with Gasteiger partial charge in [-0.15, -0.1) is 0 Å². The van der Waals surface area contributed by atoms with E-state index >= 15 is 0 Å². The number of nitrogens with zero attached hydrogens (tertiary/aromatic N) is 2. The number of aromatic nitrogens is 1. The Morgan fingerprint density at radius 3 is 1.94 bits per heavy atom. The first-order chi connectivity index (χ1) is 23.8. The van der Waals surface area contributed by atoms with Crippen molar-refractivity contribution < 1.29 is 13.3 Å². The Bertz CT molecular complexity index is 2770. The molecule has 10 rings (SSSR count). The molecule has 7 aromatic carbocycles. The van der Waals surface area contributed by atoms with Gasteiger partial charge in [0, 0.05) is 61.9 Å². The summed E-state index contributed by atoms with van der Waals surface area (Å²) in [5.41, 5.74) is 11.0. The monoisotopic (exact) mass is 618 g/mol. The summed E-state index contributed by atoms with van der Waals surface area (Å²) in [4.78, 5) is 7.04. The quantitative estimate of drug-likeness (QED) is 0.192. The Balaban J connectivity index is 1.05. The molecule has 0 amide bonds. The molecule has 5 nitrogen and oxygen atoms in total. The van der Waals surface area contributed by atoms with E-state index in [2.05, 4.69) is 102 Å². The fraction of sp³-hybridized carbons (Fsp3) is 0. The highest BCUT2D eigenvalue weighted by Gasteiger charge is 2.18. The van der Waals surface area contributed by atoms with Crippen molar-refractivity contribution in [1.82, 2.24) is 4.98 Å².